The number of hydrogen-bond donors (Lipinski definition) is 0. The van der Waals surface area contributed by atoms with Crippen LogP contribution < -0.4 is 0 Å². The maximum Gasteiger partial charge on any atom is 0.0659 e. The summed E-state index contributed by atoms with van der Waals surface area (Å²) in [5, 5.41) is 4.30. The Labute approximate surface area is 139 Å². The Morgan fingerprint density at radius 1 is 1.09 bits per heavy atom. The first-order chi connectivity index (χ1) is 11.2. The third-order valence-electron chi connectivity index (χ3n) is 4.82. The van der Waals surface area contributed by atoms with Crippen LogP contribution in [0.3, 0.4) is 0 Å². The lowest BCUT2D eigenvalue weighted by Crippen LogP contribution is -2.29. The molecule has 23 heavy (non-hydrogen) atoms. The van der Waals surface area contributed by atoms with Crippen molar-refractivity contribution < 1.29 is 0 Å². The van der Waals surface area contributed by atoms with Gasteiger partial charge in [0.25, 0.3) is 0 Å². The standard InChI is InChI=1S/C19H28N4/c1-21(2)19-8-4-11-22(13-9-19)15-17-6-3-7-18(14-17)16-23-12-5-10-20-23/h3,5-7,10,12,14,19H,4,8-9,11,13,15-16H2,1-2H3/t19-/m1/s1. The first-order valence-corrected chi connectivity index (χ1v) is 8.65. The van der Waals surface area contributed by atoms with Gasteiger partial charge in [0.15, 0.2) is 0 Å². The normalized spacial score (nSPS) is 19.9. The maximum absolute atomic E-state index is 4.30. The second kappa shape index (κ2) is 7.75. The Hall–Kier alpha value is -1.65. The van der Waals surface area contributed by atoms with E-state index in [1.807, 2.05) is 23.1 Å². The van der Waals surface area contributed by atoms with Crippen molar-refractivity contribution in [3.8, 4) is 0 Å². The number of benzene rings is 1. The summed E-state index contributed by atoms with van der Waals surface area (Å²) in [6.07, 6.45) is 7.75. The van der Waals surface area contributed by atoms with Gasteiger partial charge in [-0.3, -0.25) is 9.58 Å². The number of aromatic nitrogens is 2. The minimum Gasteiger partial charge on any atom is -0.306 e. The van der Waals surface area contributed by atoms with Crippen LogP contribution in [0.5, 0.6) is 0 Å². The molecule has 0 amide bonds. The van der Waals surface area contributed by atoms with Crippen LogP contribution in [0.25, 0.3) is 0 Å². The van der Waals surface area contributed by atoms with E-state index in [0.717, 1.165) is 19.1 Å². The van der Waals surface area contributed by atoms with Crippen LogP contribution in [0.15, 0.2) is 42.7 Å². The molecular weight excluding hydrogens is 284 g/mol. The number of rotatable bonds is 5. The minimum atomic E-state index is 0.742. The molecule has 0 aliphatic carbocycles. The first kappa shape index (κ1) is 16.2. The van der Waals surface area contributed by atoms with E-state index in [1.165, 1.54) is 43.5 Å². The van der Waals surface area contributed by atoms with Crippen molar-refractivity contribution in [3.63, 3.8) is 0 Å². The molecule has 0 bridgehead atoms. The highest BCUT2D eigenvalue weighted by Gasteiger charge is 2.18. The molecule has 1 aromatic carbocycles. The monoisotopic (exact) mass is 312 g/mol. The van der Waals surface area contributed by atoms with Gasteiger partial charge in [0.1, 0.15) is 0 Å². The summed E-state index contributed by atoms with van der Waals surface area (Å²) in [5.41, 5.74) is 2.74. The van der Waals surface area contributed by atoms with Crippen molar-refractivity contribution in [1.82, 2.24) is 19.6 Å². The fourth-order valence-corrected chi connectivity index (χ4v) is 3.48. The summed E-state index contributed by atoms with van der Waals surface area (Å²) in [6.45, 7) is 4.33. The lowest BCUT2D eigenvalue weighted by Gasteiger charge is -2.23. The molecule has 1 saturated heterocycles. The van der Waals surface area contributed by atoms with Crippen molar-refractivity contribution >= 4 is 0 Å². The molecule has 2 heterocycles. The van der Waals surface area contributed by atoms with Crippen LogP contribution in [0.2, 0.25) is 0 Å². The van der Waals surface area contributed by atoms with Gasteiger partial charge in [0.2, 0.25) is 0 Å². The fourth-order valence-electron chi connectivity index (χ4n) is 3.48. The zero-order chi connectivity index (χ0) is 16.1. The van der Waals surface area contributed by atoms with Gasteiger partial charge >= 0.3 is 0 Å². The molecule has 0 saturated carbocycles. The number of hydrogen-bond acceptors (Lipinski definition) is 3. The third kappa shape index (κ3) is 4.66. The van der Waals surface area contributed by atoms with E-state index in [-0.39, 0.29) is 0 Å². The molecule has 0 radical (unpaired) electrons. The SMILES string of the molecule is CN(C)[C@@H]1CCCN(Cc2cccc(Cn3cccn3)c2)CC1. The second-order valence-electron chi connectivity index (χ2n) is 6.85. The summed E-state index contributed by atoms with van der Waals surface area (Å²) in [5.74, 6) is 0. The van der Waals surface area contributed by atoms with Gasteiger partial charge in [-0.05, 0) is 63.6 Å². The summed E-state index contributed by atoms with van der Waals surface area (Å²) >= 11 is 0. The van der Waals surface area contributed by atoms with E-state index in [2.05, 4.69) is 53.3 Å². The molecule has 4 nitrogen and oxygen atoms in total. The van der Waals surface area contributed by atoms with E-state index < -0.39 is 0 Å². The highest BCUT2D eigenvalue weighted by molar-refractivity contribution is 5.23. The van der Waals surface area contributed by atoms with Crippen molar-refractivity contribution in [2.75, 3.05) is 27.2 Å². The molecule has 0 N–H and O–H groups in total. The van der Waals surface area contributed by atoms with Gasteiger partial charge in [-0.1, -0.05) is 24.3 Å². The van der Waals surface area contributed by atoms with E-state index in [1.54, 1.807) is 0 Å². The van der Waals surface area contributed by atoms with Crippen molar-refractivity contribution in [2.45, 2.75) is 38.4 Å². The molecule has 1 fully saturated rings. The highest BCUT2D eigenvalue weighted by Crippen LogP contribution is 2.17. The van der Waals surface area contributed by atoms with Gasteiger partial charge in [-0.25, -0.2) is 0 Å². The molecule has 124 valence electrons. The predicted molar refractivity (Wildman–Crippen MR) is 94.4 cm³/mol. The summed E-state index contributed by atoms with van der Waals surface area (Å²) in [6, 6.07) is 11.7. The molecule has 4 heteroatoms. The van der Waals surface area contributed by atoms with E-state index in [0.29, 0.717) is 0 Å². The Morgan fingerprint density at radius 3 is 2.65 bits per heavy atom. The van der Waals surface area contributed by atoms with Crippen molar-refractivity contribution in [3.05, 3.63) is 53.9 Å². The molecule has 1 aromatic heterocycles. The second-order valence-corrected chi connectivity index (χ2v) is 6.85. The smallest absolute Gasteiger partial charge is 0.0659 e. The Kier molecular flexibility index (Phi) is 5.47. The van der Waals surface area contributed by atoms with Crippen LogP contribution in [-0.4, -0.2) is 52.8 Å². The van der Waals surface area contributed by atoms with E-state index in [4.69, 9.17) is 0 Å². The molecule has 1 aliphatic heterocycles. The van der Waals surface area contributed by atoms with Gasteiger partial charge in [0.05, 0.1) is 6.54 Å². The van der Waals surface area contributed by atoms with Gasteiger partial charge < -0.3 is 4.90 Å². The molecule has 1 aliphatic rings. The predicted octanol–water partition coefficient (Wildman–Crippen LogP) is 2.85. The average molecular weight is 312 g/mol. The Balaban J connectivity index is 1.59. The van der Waals surface area contributed by atoms with Gasteiger partial charge in [-0.15, -0.1) is 0 Å². The number of likely N-dealkylation sites (tertiary alicyclic amines) is 1. The van der Waals surface area contributed by atoms with Crippen molar-refractivity contribution in [1.29, 1.82) is 0 Å². The zero-order valence-corrected chi connectivity index (χ0v) is 14.4. The summed E-state index contributed by atoms with van der Waals surface area (Å²) in [7, 11) is 4.41. The van der Waals surface area contributed by atoms with E-state index in [9.17, 15) is 0 Å². The molecule has 1 atom stereocenters. The van der Waals surface area contributed by atoms with Crippen LogP contribution >= 0.6 is 0 Å². The Morgan fingerprint density at radius 2 is 1.91 bits per heavy atom. The maximum atomic E-state index is 4.30. The van der Waals surface area contributed by atoms with Gasteiger partial charge in [0, 0.05) is 25.0 Å². The molecular formula is C19H28N4. The van der Waals surface area contributed by atoms with Gasteiger partial charge in [-0.2, -0.15) is 5.10 Å². The van der Waals surface area contributed by atoms with Crippen molar-refractivity contribution in [2.24, 2.45) is 0 Å². The minimum absolute atomic E-state index is 0.742. The molecule has 3 rings (SSSR count). The lowest BCUT2D eigenvalue weighted by molar-refractivity contribution is 0.245. The van der Waals surface area contributed by atoms with Crippen LogP contribution in [-0.2, 0) is 13.1 Å². The molecule has 0 unspecified atom stereocenters. The van der Waals surface area contributed by atoms with E-state index >= 15 is 0 Å². The topological polar surface area (TPSA) is 24.3 Å². The van der Waals surface area contributed by atoms with Crippen LogP contribution in [0, 0.1) is 0 Å². The molecule has 0 spiro atoms. The van der Waals surface area contributed by atoms with Crippen LogP contribution in [0.4, 0.5) is 0 Å². The number of nitrogens with zero attached hydrogens (tertiary/aromatic N) is 4. The summed E-state index contributed by atoms with van der Waals surface area (Å²) in [4.78, 5) is 4.99. The molecule has 2 aromatic rings. The average Bonchev–Trinajstić information content (AvgIpc) is 2.92. The first-order valence-electron chi connectivity index (χ1n) is 8.65. The largest absolute Gasteiger partial charge is 0.306 e. The fraction of sp³-hybridized carbons (Fsp3) is 0.526. The highest BCUT2D eigenvalue weighted by atomic mass is 15.3. The lowest BCUT2D eigenvalue weighted by atomic mass is 10.1. The Bertz CT molecular complexity index is 591. The summed E-state index contributed by atoms with van der Waals surface area (Å²) < 4.78 is 1.98. The van der Waals surface area contributed by atoms with Crippen LogP contribution in [0.1, 0.15) is 30.4 Å². The third-order valence-corrected chi connectivity index (χ3v) is 4.82. The quantitative estimate of drug-likeness (QED) is 0.848. The zero-order valence-electron chi connectivity index (χ0n) is 14.4.